The van der Waals surface area contributed by atoms with Gasteiger partial charge >= 0.3 is 6.09 Å². The third kappa shape index (κ3) is 3.97. The van der Waals surface area contributed by atoms with Gasteiger partial charge in [-0.2, -0.15) is 0 Å². The molecule has 2 aliphatic heterocycles. The summed E-state index contributed by atoms with van der Waals surface area (Å²) in [5.41, 5.74) is 1.47. The number of aromatic nitrogens is 3. The fraction of sp³-hybridized carbons (Fsp3) is 0.476. The van der Waals surface area contributed by atoms with Gasteiger partial charge in [0, 0.05) is 38.2 Å². The molecule has 0 saturated carbocycles. The van der Waals surface area contributed by atoms with Gasteiger partial charge in [0.2, 0.25) is 6.23 Å². The molecule has 4 heterocycles. The molecular weight excluding hydrogens is 384 g/mol. The van der Waals surface area contributed by atoms with E-state index in [1.165, 1.54) is 30.1 Å². The predicted molar refractivity (Wildman–Crippen MR) is 110 cm³/mol. The van der Waals surface area contributed by atoms with Crippen molar-refractivity contribution in [2.24, 2.45) is 0 Å². The highest BCUT2D eigenvalue weighted by Gasteiger charge is 2.44. The molecule has 158 valence electrons. The molecule has 30 heavy (non-hydrogen) atoms. The van der Waals surface area contributed by atoms with Crippen LogP contribution in [0, 0.1) is 6.92 Å². The molecular formula is C21H26N6O3. The largest absolute Gasteiger partial charge is 0.419 e. The van der Waals surface area contributed by atoms with Gasteiger partial charge in [0.1, 0.15) is 11.5 Å². The highest BCUT2D eigenvalue weighted by atomic mass is 16.6. The number of likely N-dealkylation sites (tertiary alicyclic amines) is 1. The van der Waals surface area contributed by atoms with Gasteiger partial charge in [0.05, 0.1) is 0 Å². The summed E-state index contributed by atoms with van der Waals surface area (Å²) >= 11 is 0. The third-order valence-corrected chi connectivity index (χ3v) is 5.50. The maximum Gasteiger partial charge on any atom is 0.412 e. The van der Waals surface area contributed by atoms with Crippen molar-refractivity contribution >= 4 is 17.8 Å². The van der Waals surface area contributed by atoms with Gasteiger partial charge < -0.3 is 14.5 Å². The van der Waals surface area contributed by atoms with E-state index in [0.717, 1.165) is 25.2 Å². The lowest BCUT2D eigenvalue weighted by Gasteiger charge is -2.28. The molecule has 2 aliphatic rings. The highest BCUT2D eigenvalue weighted by Crippen LogP contribution is 2.35. The lowest BCUT2D eigenvalue weighted by molar-refractivity contribution is 0.0584. The number of nitrogens with zero attached hydrogens (tertiary/aromatic N) is 6. The SMILES string of the molecule is CCN(CCN1CCCC1)C(=O)O[C@H]1c2nccnc2C(=O)N1c1ccc(C)cn1. The molecule has 0 aromatic carbocycles. The number of hydrogen-bond acceptors (Lipinski definition) is 7. The first-order chi connectivity index (χ1) is 14.6. The summed E-state index contributed by atoms with van der Waals surface area (Å²) in [6.07, 6.45) is 5.54. The van der Waals surface area contributed by atoms with Gasteiger partial charge in [0.25, 0.3) is 5.91 Å². The Bertz CT molecular complexity index is 913. The minimum Gasteiger partial charge on any atom is -0.419 e. The number of aryl methyl sites for hydroxylation is 1. The Morgan fingerprint density at radius 2 is 1.97 bits per heavy atom. The van der Waals surface area contributed by atoms with E-state index in [4.69, 9.17) is 4.74 Å². The summed E-state index contributed by atoms with van der Waals surface area (Å²) in [7, 11) is 0. The summed E-state index contributed by atoms with van der Waals surface area (Å²) in [4.78, 5) is 44.1. The van der Waals surface area contributed by atoms with E-state index in [9.17, 15) is 9.59 Å². The first-order valence-electron chi connectivity index (χ1n) is 10.3. The third-order valence-electron chi connectivity index (χ3n) is 5.50. The van der Waals surface area contributed by atoms with Crippen molar-refractivity contribution in [3.05, 3.63) is 47.7 Å². The second-order valence-corrected chi connectivity index (χ2v) is 7.52. The molecule has 9 heteroatoms. The molecule has 1 saturated heterocycles. The van der Waals surface area contributed by atoms with E-state index in [2.05, 4.69) is 19.9 Å². The zero-order valence-electron chi connectivity index (χ0n) is 17.3. The normalized spacial score (nSPS) is 18.5. The molecule has 1 atom stereocenters. The van der Waals surface area contributed by atoms with Crippen LogP contribution < -0.4 is 4.90 Å². The molecule has 0 N–H and O–H groups in total. The average molecular weight is 410 g/mol. The second kappa shape index (κ2) is 8.74. The molecule has 2 aromatic heterocycles. The van der Waals surface area contributed by atoms with Crippen LogP contribution in [0.15, 0.2) is 30.7 Å². The number of pyridine rings is 1. The summed E-state index contributed by atoms with van der Waals surface area (Å²) in [5.74, 6) is 0.00989. The number of amides is 2. The minimum absolute atomic E-state index is 0.179. The Hall–Kier alpha value is -3.07. The number of rotatable bonds is 6. The molecule has 2 amide bonds. The molecule has 2 aromatic rings. The van der Waals surface area contributed by atoms with E-state index < -0.39 is 12.3 Å². The minimum atomic E-state index is -0.996. The van der Waals surface area contributed by atoms with Crippen molar-refractivity contribution in [2.75, 3.05) is 37.6 Å². The van der Waals surface area contributed by atoms with Crippen LogP contribution in [-0.2, 0) is 4.74 Å². The van der Waals surface area contributed by atoms with Gasteiger partial charge in [-0.05, 0) is 51.4 Å². The summed E-state index contributed by atoms with van der Waals surface area (Å²) in [5, 5.41) is 0. The highest BCUT2D eigenvalue weighted by molar-refractivity contribution is 6.08. The van der Waals surface area contributed by atoms with Gasteiger partial charge in [0.15, 0.2) is 5.69 Å². The molecule has 0 bridgehead atoms. The Labute approximate surface area is 175 Å². The monoisotopic (exact) mass is 410 g/mol. The maximum absolute atomic E-state index is 13.0. The number of ether oxygens (including phenoxy) is 1. The first kappa shape index (κ1) is 20.2. The predicted octanol–water partition coefficient (Wildman–Crippen LogP) is 2.39. The zero-order chi connectivity index (χ0) is 21.1. The number of carbonyl (C=O) groups is 2. The van der Waals surface area contributed by atoms with Crippen LogP contribution in [0.2, 0.25) is 0 Å². The van der Waals surface area contributed by atoms with Crippen LogP contribution in [0.1, 0.15) is 47.7 Å². The fourth-order valence-electron chi connectivity index (χ4n) is 3.79. The lowest BCUT2D eigenvalue weighted by atomic mass is 10.3. The van der Waals surface area contributed by atoms with E-state index in [1.807, 2.05) is 19.9 Å². The van der Waals surface area contributed by atoms with Crippen molar-refractivity contribution < 1.29 is 14.3 Å². The summed E-state index contributed by atoms with van der Waals surface area (Å²) in [6, 6.07) is 3.58. The van der Waals surface area contributed by atoms with Crippen LogP contribution in [0.4, 0.5) is 10.6 Å². The molecule has 9 nitrogen and oxygen atoms in total. The van der Waals surface area contributed by atoms with Crippen LogP contribution in [0.3, 0.4) is 0 Å². The standard InChI is InChI=1S/C21H26N6O3/c1-3-26(13-12-25-10-4-5-11-25)21(29)30-20-18-17(22-8-9-23-18)19(28)27(20)16-7-6-15(2)14-24-16/h6-9,14,20H,3-5,10-13H2,1-2H3/t20-/m0/s1. The number of likely N-dealkylation sites (N-methyl/N-ethyl adjacent to an activating group) is 1. The average Bonchev–Trinajstić information content (AvgIpc) is 3.37. The molecule has 0 aliphatic carbocycles. The van der Waals surface area contributed by atoms with Gasteiger partial charge in [-0.1, -0.05) is 6.07 Å². The summed E-state index contributed by atoms with van der Waals surface area (Å²) < 4.78 is 5.80. The Morgan fingerprint density at radius 1 is 1.20 bits per heavy atom. The number of hydrogen-bond donors (Lipinski definition) is 0. The molecule has 0 radical (unpaired) electrons. The number of anilines is 1. The molecule has 0 unspecified atom stereocenters. The van der Waals surface area contributed by atoms with Crippen LogP contribution in [0.5, 0.6) is 0 Å². The van der Waals surface area contributed by atoms with Gasteiger partial charge in [-0.25, -0.2) is 19.7 Å². The van der Waals surface area contributed by atoms with Crippen molar-refractivity contribution in [2.45, 2.75) is 32.9 Å². The van der Waals surface area contributed by atoms with E-state index in [0.29, 0.717) is 24.6 Å². The van der Waals surface area contributed by atoms with E-state index in [1.54, 1.807) is 17.2 Å². The van der Waals surface area contributed by atoms with Crippen molar-refractivity contribution in [3.8, 4) is 0 Å². The molecule has 0 spiro atoms. The molecule has 4 rings (SSSR count). The van der Waals surface area contributed by atoms with E-state index >= 15 is 0 Å². The topological polar surface area (TPSA) is 91.8 Å². The summed E-state index contributed by atoms with van der Waals surface area (Å²) in [6.45, 7) is 7.87. The number of carbonyl (C=O) groups excluding carboxylic acids is 2. The Kier molecular flexibility index (Phi) is 5.89. The lowest BCUT2D eigenvalue weighted by Crippen LogP contribution is -2.40. The first-order valence-corrected chi connectivity index (χ1v) is 10.3. The maximum atomic E-state index is 13.0. The Balaban J connectivity index is 1.55. The second-order valence-electron chi connectivity index (χ2n) is 7.52. The zero-order valence-corrected chi connectivity index (χ0v) is 17.3. The Morgan fingerprint density at radius 3 is 2.67 bits per heavy atom. The van der Waals surface area contributed by atoms with Crippen molar-refractivity contribution in [1.29, 1.82) is 0 Å². The smallest absolute Gasteiger partial charge is 0.412 e. The van der Waals surface area contributed by atoms with Crippen molar-refractivity contribution in [3.63, 3.8) is 0 Å². The quantitative estimate of drug-likeness (QED) is 0.722. The van der Waals surface area contributed by atoms with Crippen LogP contribution >= 0.6 is 0 Å². The van der Waals surface area contributed by atoms with Gasteiger partial charge in [-0.15, -0.1) is 0 Å². The van der Waals surface area contributed by atoms with Crippen LogP contribution in [-0.4, -0.2) is 69.5 Å². The van der Waals surface area contributed by atoms with Gasteiger partial charge in [-0.3, -0.25) is 9.78 Å². The number of fused-ring (bicyclic) bond motifs is 1. The van der Waals surface area contributed by atoms with E-state index in [-0.39, 0.29) is 11.6 Å². The molecule has 1 fully saturated rings. The van der Waals surface area contributed by atoms with Crippen LogP contribution in [0.25, 0.3) is 0 Å². The fourth-order valence-corrected chi connectivity index (χ4v) is 3.79. The van der Waals surface area contributed by atoms with Crippen molar-refractivity contribution in [1.82, 2.24) is 24.8 Å².